The minimum Gasteiger partial charge on any atom is -0.392 e. The minimum atomic E-state index is -3.70. The Morgan fingerprint density at radius 2 is 2.05 bits per heavy atom. The van der Waals surface area contributed by atoms with E-state index in [0.717, 1.165) is 25.3 Å². The molecule has 0 aliphatic heterocycles. The molecule has 1 aromatic rings. The summed E-state index contributed by atoms with van der Waals surface area (Å²) in [5.41, 5.74) is 0.368. The van der Waals surface area contributed by atoms with Crippen LogP contribution in [0.5, 0.6) is 0 Å². The number of rotatable bonds is 4. The first-order valence-corrected chi connectivity index (χ1v) is 7.70. The molecule has 1 saturated carbocycles. The lowest BCUT2D eigenvalue weighted by Crippen LogP contribution is -2.41. The Morgan fingerprint density at radius 3 is 2.53 bits per heavy atom. The monoisotopic (exact) mass is 287 g/mol. The number of nitrogens with zero attached hydrogens (tertiary/aromatic N) is 1. The van der Waals surface area contributed by atoms with E-state index >= 15 is 0 Å². The van der Waals surface area contributed by atoms with Crippen molar-refractivity contribution in [2.24, 2.45) is 0 Å². The average molecular weight is 287 g/mol. The van der Waals surface area contributed by atoms with Gasteiger partial charge >= 0.3 is 0 Å². The van der Waals surface area contributed by atoms with Crippen LogP contribution in [0.1, 0.15) is 30.4 Å². The van der Waals surface area contributed by atoms with E-state index in [2.05, 4.69) is 0 Å². The first-order valence-electron chi connectivity index (χ1n) is 6.26. The minimum absolute atomic E-state index is 0.00486. The first-order chi connectivity index (χ1) is 8.87. The van der Waals surface area contributed by atoms with Crippen molar-refractivity contribution in [2.75, 3.05) is 7.05 Å². The zero-order chi connectivity index (χ0) is 14.2. The van der Waals surface area contributed by atoms with Gasteiger partial charge < -0.3 is 5.11 Å². The molecule has 1 fully saturated rings. The van der Waals surface area contributed by atoms with E-state index in [1.807, 2.05) is 0 Å². The molecule has 0 spiro atoms. The predicted octanol–water partition coefficient (Wildman–Crippen LogP) is 1.80. The molecule has 0 unspecified atom stereocenters. The highest BCUT2D eigenvalue weighted by molar-refractivity contribution is 7.89. The van der Waals surface area contributed by atoms with E-state index in [1.54, 1.807) is 0 Å². The summed E-state index contributed by atoms with van der Waals surface area (Å²) in [6.45, 7) is 1.06. The van der Waals surface area contributed by atoms with Crippen molar-refractivity contribution in [3.63, 3.8) is 0 Å². The van der Waals surface area contributed by atoms with E-state index in [-0.39, 0.29) is 28.7 Å². The van der Waals surface area contributed by atoms with Gasteiger partial charge in [-0.15, -0.1) is 0 Å². The van der Waals surface area contributed by atoms with Gasteiger partial charge in [-0.25, -0.2) is 12.8 Å². The zero-order valence-electron chi connectivity index (χ0n) is 11.1. The number of halogens is 1. The number of aliphatic hydroxyl groups is 1. The molecule has 0 saturated heterocycles. The van der Waals surface area contributed by atoms with Crippen molar-refractivity contribution in [3.05, 3.63) is 29.1 Å². The third-order valence-corrected chi connectivity index (χ3v) is 5.82. The Labute approximate surface area is 112 Å². The molecule has 1 aliphatic carbocycles. The van der Waals surface area contributed by atoms with Crippen molar-refractivity contribution < 1.29 is 17.9 Å². The van der Waals surface area contributed by atoms with Crippen LogP contribution in [0.15, 0.2) is 17.0 Å². The van der Waals surface area contributed by atoms with E-state index in [1.165, 1.54) is 24.3 Å². The van der Waals surface area contributed by atoms with E-state index in [0.29, 0.717) is 0 Å². The van der Waals surface area contributed by atoms with E-state index in [4.69, 9.17) is 5.11 Å². The van der Waals surface area contributed by atoms with Gasteiger partial charge in [0.1, 0.15) is 5.82 Å². The lowest BCUT2D eigenvalue weighted by Gasteiger charge is -2.34. The molecule has 0 aromatic heterocycles. The maximum Gasteiger partial charge on any atom is 0.243 e. The summed E-state index contributed by atoms with van der Waals surface area (Å²) in [6, 6.07) is 2.52. The molecule has 4 nitrogen and oxygen atoms in total. The van der Waals surface area contributed by atoms with Gasteiger partial charge in [0.25, 0.3) is 0 Å². The second-order valence-electron chi connectivity index (χ2n) is 4.96. The van der Waals surface area contributed by atoms with Gasteiger partial charge in [0.2, 0.25) is 10.0 Å². The summed E-state index contributed by atoms with van der Waals surface area (Å²) in [7, 11) is -2.17. The van der Waals surface area contributed by atoms with Crippen molar-refractivity contribution in [1.29, 1.82) is 0 Å². The fraction of sp³-hybridized carbons (Fsp3) is 0.538. The summed E-state index contributed by atoms with van der Waals surface area (Å²) < 4.78 is 40.0. The third-order valence-electron chi connectivity index (χ3n) is 3.78. The first kappa shape index (κ1) is 14.4. The summed E-state index contributed by atoms with van der Waals surface area (Å²) in [4.78, 5) is -0.0500. The number of sulfonamides is 1. The van der Waals surface area contributed by atoms with Crippen LogP contribution in [0, 0.1) is 12.7 Å². The fourth-order valence-corrected chi connectivity index (χ4v) is 3.87. The van der Waals surface area contributed by atoms with Gasteiger partial charge in [-0.05, 0) is 37.5 Å². The van der Waals surface area contributed by atoms with Gasteiger partial charge in [0, 0.05) is 18.7 Å². The SMILES string of the molecule is Cc1c(F)cc(CO)cc1S(=O)(=O)N(C)C1CCC1. The van der Waals surface area contributed by atoms with Crippen LogP contribution in [0.25, 0.3) is 0 Å². The van der Waals surface area contributed by atoms with Crippen LogP contribution in [0.3, 0.4) is 0 Å². The largest absolute Gasteiger partial charge is 0.392 e. The molecule has 1 N–H and O–H groups in total. The van der Waals surface area contributed by atoms with Gasteiger partial charge in [0.05, 0.1) is 11.5 Å². The number of hydrogen-bond acceptors (Lipinski definition) is 3. The van der Waals surface area contributed by atoms with E-state index < -0.39 is 15.8 Å². The molecule has 0 bridgehead atoms. The maximum absolute atomic E-state index is 13.7. The van der Waals surface area contributed by atoms with Crippen LogP contribution in [0.2, 0.25) is 0 Å². The molecule has 1 aromatic carbocycles. The quantitative estimate of drug-likeness (QED) is 0.918. The van der Waals surface area contributed by atoms with Gasteiger partial charge in [-0.3, -0.25) is 0 Å². The van der Waals surface area contributed by atoms with Crippen LogP contribution in [-0.4, -0.2) is 30.9 Å². The second kappa shape index (κ2) is 5.19. The molecule has 0 amide bonds. The lowest BCUT2D eigenvalue weighted by molar-refractivity contribution is 0.249. The predicted molar refractivity (Wildman–Crippen MR) is 69.6 cm³/mol. The molecular formula is C13H18FNO3S. The van der Waals surface area contributed by atoms with Gasteiger partial charge in [-0.2, -0.15) is 4.31 Å². The molecule has 2 rings (SSSR count). The summed E-state index contributed by atoms with van der Waals surface area (Å²) in [5, 5.41) is 9.07. The van der Waals surface area contributed by atoms with E-state index in [9.17, 15) is 12.8 Å². The molecule has 19 heavy (non-hydrogen) atoms. The summed E-state index contributed by atoms with van der Waals surface area (Å²) in [6.07, 6.45) is 2.71. The number of hydrogen-bond donors (Lipinski definition) is 1. The maximum atomic E-state index is 13.7. The molecule has 1 aliphatic rings. The Hall–Kier alpha value is -0.980. The molecule has 0 radical (unpaired) electrons. The standard InChI is InChI=1S/C13H18FNO3S/c1-9-12(14)6-10(8-16)7-13(9)19(17,18)15(2)11-4-3-5-11/h6-7,11,16H,3-5,8H2,1-2H3. The molecular weight excluding hydrogens is 269 g/mol. The second-order valence-corrected chi connectivity index (χ2v) is 6.93. The topological polar surface area (TPSA) is 57.6 Å². The highest BCUT2D eigenvalue weighted by Crippen LogP contribution is 2.30. The van der Waals surface area contributed by atoms with Crippen molar-refractivity contribution >= 4 is 10.0 Å². The Morgan fingerprint density at radius 1 is 1.42 bits per heavy atom. The van der Waals surface area contributed by atoms with Gasteiger partial charge in [0.15, 0.2) is 0 Å². The molecule has 0 atom stereocenters. The van der Waals surface area contributed by atoms with Crippen LogP contribution in [0.4, 0.5) is 4.39 Å². The third kappa shape index (κ3) is 2.52. The molecule has 6 heteroatoms. The van der Waals surface area contributed by atoms with Crippen LogP contribution < -0.4 is 0 Å². The van der Waals surface area contributed by atoms with Crippen molar-refractivity contribution in [1.82, 2.24) is 4.31 Å². The molecule has 0 heterocycles. The lowest BCUT2D eigenvalue weighted by atomic mass is 9.94. The van der Waals surface area contributed by atoms with Gasteiger partial charge in [-0.1, -0.05) is 6.42 Å². The zero-order valence-corrected chi connectivity index (χ0v) is 11.9. The Kier molecular flexibility index (Phi) is 3.94. The summed E-state index contributed by atoms with van der Waals surface area (Å²) >= 11 is 0. The fourth-order valence-electron chi connectivity index (χ4n) is 2.17. The highest BCUT2D eigenvalue weighted by atomic mass is 32.2. The van der Waals surface area contributed by atoms with Crippen molar-refractivity contribution in [3.8, 4) is 0 Å². The normalized spacial score (nSPS) is 16.7. The number of benzene rings is 1. The average Bonchev–Trinajstić information content (AvgIpc) is 2.29. The van der Waals surface area contributed by atoms with Crippen LogP contribution >= 0.6 is 0 Å². The Bertz CT molecular complexity index is 582. The highest BCUT2D eigenvalue weighted by Gasteiger charge is 2.33. The van der Waals surface area contributed by atoms with Crippen LogP contribution in [-0.2, 0) is 16.6 Å². The Balaban J connectivity index is 2.47. The smallest absolute Gasteiger partial charge is 0.243 e. The number of aliphatic hydroxyl groups excluding tert-OH is 1. The summed E-state index contributed by atoms with van der Waals surface area (Å²) in [5.74, 6) is -0.605. The van der Waals surface area contributed by atoms with Crippen molar-refractivity contribution in [2.45, 2.75) is 43.7 Å². The molecule has 106 valence electrons.